The van der Waals surface area contributed by atoms with Gasteiger partial charge in [0.1, 0.15) is 18.1 Å². The van der Waals surface area contributed by atoms with Crippen molar-refractivity contribution in [2.24, 2.45) is 38.2 Å². The summed E-state index contributed by atoms with van der Waals surface area (Å²) in [6, 6.07) is 44.2. The van der Waals surface area contributed by atoms with Crippen LogP contribution < -0.4 is 36.1 Å². The molecule has 3 fully saturated rings. The highest BCUT2D eigenvalue weighted by Crippen LogP contribution is 2.41. The maximum Gasteiger partial charge on any atom is 0.122 e. The molecule has 13 rings (SSSR count). The first-order valence-electron chi connectivity index (χ1n) is 29.3. The van der Waals surface area contributed by atoms with Gasteiger partial charge in [-0.15, -0.1) is 0 Å². The van der Waals surface area contributed by atoms with Crippen molar-refractivity contribution in [1.29, 1.82) is 0 Å². The summed E-state index contributed by atoms with van der Waals surface area (Å²) in [5, 5.41) is 17.2. The van der Waals surface area contributed by atoms with Gasteiger partial charge in [0.15, 0.2) is 0 Å². The van der Waals surface area contributed by atoms with Gasteiger partial charge in [-0.2, -0.15) is 20.4 Å². The lowest BCUT2D eigenvalue weighted by atomic mass is 10.0. The van der Waals surface area contributed by atoms with Crippen LogP contribution in [0.15, 0.2) is 255 Å². The predicted molar refractivity (Wildman–Crippen MR) is 361 cm³/mol. The van der Waals surface area contributed by atoms with E-state index in [4.69, 9.17) is 9.47 Å². The number of allylic oxidation sites excluding steroid dienone is 8. The van der Waals surface area contributed by atoms with Crippen LogP contribution in [0.25, 0.3) is 0 Å². The van der Waals surface area contributed by atoms with Crippen LogP contribution in [0.4, 0.5) is 5.69 Å². The second-order valence-corrected chi connectivity index (χ2v) is 23.7. The lowest BCUT2D eigenvalue weighted by Crippen LogP contribution is -2.22. The lowest BCUT2D eigenvalue weighted by Gasteiger charge is -2.22. The van der Waals surface area contributed by atoms with Crippen LogP contribution in [0.3, 0.4) is 0 Å². The zero-order chi connectivity index (χ0) is 59.2. The Morgan fingerprint density at radius 3 is 1.35 bits per heavy atom. The van der Waals surface area contributed by atoms with Gasteiger partial charge < -0.3 is 14.4 Å². The van der Waals surface area contributed by atoms with Crippen molar-refractivity contribution >= 4 is 40.3 Å². The van der Waals surface area contributed by atoms with E-state index >= 15 is 0 Å². The molecule has 0 aromatic heterocycles. The minimum Gasteiger partial charge on any atom is -0.493 e. The van der Waals surface area contributed by atoms with Crippen molar-refractivity contribution in [3.05, 3.63) is 281 Å². The number of hydrogen-bond acceptors (Lipinski definition) is 12. The van der Waals surface area contributed by atoms with Crippen molar-refractivity contribution in [2.45, 2.75) is 90.5 Å². The third-order valence-corrected chi connectivity index (χ3v) is 16.9. The average Bonchev–Trinajstić information content (AvgIpc) is 3.43. The van der Waals surface area contributed by atoms with Crippen molar-refractivity contribution in [1.82, 2.24) is 21.7 Å². The molecule has 12 heteroatoms. The molecule has 0 bridgehead atoms. The Hall–Kier alpha value is -9.13. The molecule has 6 aromatic carbocycles. The molecule has 0 amide bonds. The first kappa shape index (κ1) is 61.4. The van der Waals surface area contributed by atoms with Gasteiger partial charge in [-0.3, -0.25) is 21.7 Å². The largest absolute Gasteiger partial charge is 0.493 e. The second kappa shape index (κ2) is 29.1. The molecule has 2 aliphatic carbocycles. The van der Waals surface area contributed by atoms with Crippen LogP contribution in [0.2, 0.25) is 0 Å². The summed E-state index contributed by atoms with van der Waals surface area (Å²) in [6.07, 6.45) is 22.6. The van der Waals surface area contributed by atoms with E-state index in [0.717, 1.165) is 120 Å². The van der Waals surface area contributed by atoms with Gasteiger partial charge in [0.2, 0.25) is 0 Å². The number of nitrogens with one attached hydrogen (secondary N) is 4. The molecule has 2 saturated carbocycles. The molecule has 0 spiro atoms. The van der Waals surface area contributed by atoms with Gasteiger partial charge in [0, 0.05) is 73.6 Å². The number of anilines is 1. The molecule has 5 aliphatic heterocycles. The van der Waals surface area contributed by atoms with Gasteiger partial charge in [0.25, 0.3) is 0 Å². The fourth-order valence-corrected chi connectivity index (χ4v) is 11.5. The second-order valence-electron chi connectivity index (χ2n) is 22.6. The molecule has 440 valence electrons. The number of fused-ring (bicyclic) bond motifs is 1. The van der Waals surface area contributed by atoms with E-state index < -0.39 is 0 Å². The van der Waals surface area contributed by atoms with Gasteiger partial charge in [-0.05, 0) is 227 Å². The van der Waals surface area contributed by atoms with E-state index in [9.17, 15) is 0 Å². The van der Waals surface area contributed by atoms with E-state index in [1.54, 1.807) is 11.8 Å². The van der Waals surface area contributed by atoms with E-state index in [0.29, 0.717) is 6.61 Å². The van der Waals surface area contributed by atoms with Gasteiger partial charge in [0.05, 0.1) is 29.5 Å². The fraction of sp³-hybridized carbons (Fsp3) is 0.243. The summed E-state index contributed by atoms with van der Waals surface area (Å²) < 4.78 is 11.7. The smallest absolute Gasteiger partial charge is 0.122 e. The number of rotatable bonds is 13. The fourth-order valence-electron chi connectivity index (χ4n) is 10.6. The molecule has 6 aromatic rings. The topological polar surface area (TPSA) is 119 Å². The lowest BCUT2D eigenvalue weighted by molar-refractivity contribution is 0.298. The third-order valence-electron chi connectivity index (χ3n) is 15.7. The van der Waals surface area contributed by atoms with E-state index in [2.05, 4.69) is 186 Å². The van der Waals surface area contributed by atoms with Crippen molar-refractivity contribution < 1.29 is 9.47 Å². The zero-order valence-electron chi connectivity index (χ0n) is 49.6. The Balaban J connectivity index is 0.000000137. The quantitative estimate of drug-likeness (QED) is 0.0903. The summed E-state index contributed by atoms with van der Waals surface area (Å²) in [5.41, 5.74) is 31.7. The Morgan fingerprint density at radius 1 is 0.477 bits per heavy atom. The van der Waals surface area contributed by atoms with Crippen molar-refractivity contribution in [2.75, 3.05) is 24.6 Å². The number of ether oxygens (including phenoxy) is 2. The van der Waals surface area contributed by atoms with E-state index in [1.807, 2.05) is 98.0 Å². The molecule has 2 unspecified atom stereocenters. The Labute approximate surface area is 514 Å². The highest BCUT2D eigenvalue weighted by molar-refractivity contribution is 7.99. The molecule has 5 heterocycles. The van der Waals surface area contributed by atoms with Crippen LogP contribution >= 0.6 is 11.8 Å². The highest BCUT2D eigenvalue weighted by atomic mass is 32.2. The summed E-state index contributed by atoms with van der Waals surface area (Å²) >= 11 is 1.79. The van der Waals surface area contributed by atoms with Crippen LogP contribution in [0.5, 0.6) is 11.5 Å². The highest BCUT2D eigenvalue weighted by Gasteiger charge is 2.36. The number of nitrogens with zero attached hydrogens (tertiary/aromatic N) is 5. The molecule has 1 saturated heterocycles. The summed E-state index contributed by atoms with van der Waals surface area (Å²) in [7, 11) is 0. The molecule has 2 atom stereocenters. The normalized spacial score (nSPS) is 17.8. The molecule has 4 N–H and O–H groups in total. The van der Waals surface area contributed by atoms with Gasteiger partial charge in [-0.1, -0.05) is 112 Å². The molecular formula is C74H81N9O2S. The van der Waals surface area contributed by atoms with Crippen LogP contribution in [-0.2, 0) is 6.61 Å². The number of hydrogen-bond donors (Lipinski definition) is 4. The van der Waals surface area contributed by atoms with E-state index in [1.165, 1.54) is 77.4 Å². The molecule has 7 aliphatic rings. The summed E-state index contributed by atoms with van der Waals surface area (Å²) in [6.45, 7) is 29.7. The SMILES string of the molecule is C.C=C1C=CC(c2ccc(N3CC4CCCC4C3)c(C)c2)=NN1.C=C1C=CC(c2ccc(OCC3CC3)c(C)c2)=NN1.C=C1C=CC(c2ccc(OCc3ccccc3)c(C)c2)=NN1.C=C1C=CC(c2ccc(Sc3ccc(C)cc3)c(C)c2)=NN1. The Kier molecular flexibility index (Phi) is 20.8. The maximum atomic E-state index is 5.89. The summed E-state index contributed by atoms with van der Waals surface area (Å²) in [4.78, 5) is 5.12. The van der Waals surface area contributed by atoms with Crippen LogP contribution in [0, 0.1) is 52.4 Å². The zero-order valence-corrected chi connectivity index (χ0v) is 50.4. The number of benzene rings is 6. The number of aryl methyl sites for hydroxylation is 5. The molecular weight excluding hydrogens is 1080 g/mol. The maximum absolute atomic E-state index is 5.89. The Bertz CT molecular complexity index is 3720. The third kappa shape index (κ3) is 16.8. The number of hydrazone groups is 4. The van der Waals surface area contributed by atoms with Crippen LogP contribution in [0.1, 0.15) is 95.2 Å². The van der Waals surface area contributed by atoms with Gasteiger partial charge >= 0.3 is 0 Å². The standard InChI is InChI=1S/C19H23N3.C19H18N2O.C19H18N2S.C16H18N2O.CH4/c1-13-10-15(18-8-6-14(2)20-21-18)7-9-19(13)22-11-16-4-3-5-17(16)12-22;1-14-12-17(18-10-8-15(2)20-21-18)9-11-19(14)22-13-16-6-4-3-5-7-16;1-13-4-8-17(9-5-13)22-19-11-7-16(12-14(19)2)18-10-6-15(3)20-21-18;1-11-9-14(15-7-3-12(2)17-18-15)6-8-16(11)19-10-13-4-5-13;/h6-10,16-17,20H,2-5,11-12H2,1H3;3-12,20H,2,13H2,1H3;4-12,20H,3H2,1-2H3;3,6-9,13,17H,2,4-5,10H2,1H3;1H4. The predicted octanol–water partition coefficient (Wildman–Crippen LogP) is 16.2. The minimum atomic E-state index is 0. The van der Waals surface area contributed by atoms with Crippen molar-refractivity contribution in [3.63, 3.8) is 0 Å². The summed E-state index contributed by atoms with van der Waals surface area (Å²) in [5.74, 6) is 4.51. The van der Waals surface area contributed by atoms with E-state index in [-0.39, 0.29) is 7.43 Å². The first-order valence-corrected chi connectivity index (χ1v) is 30.1. The molecule has 86 heavy (non-hydrogen) atoms. The molecule has 0 radical (unpaired) electrons. The average molecular weight is 1160 g/mol. The molecule has 11 nitrogen and oxygen atoms in total. The monoisotopic (exact) mass is 1160 g/mol. The Morgan fingerprint density at radius 2 is 0.919 bits per heavy atom. The van der Waals surface area contributed by atoms with Crippen molar-refractivity contribution in [3.8, 4) is 11.5 Å². The van der Waals surface area contributed by atoms with Crippen LogP contribution in [-0.4, -0.2) is 42.5 Å². The van der Waals surface area contributed by atoms with Gasteiger partial charge in [-0.25, -0.2) is 0 Å². The minimum absolute atomic E-state index is 0. The first-order chi connectivity index (χ1) is 41.3.